The molecule has 1 fully saturated rings. The van der Waals surface area contributed by atoms with Crippen LogP contribution in [0, 0.1) is 0 Å². The van der Waals surface area contributed by atoms with Gasteiger partial charge in [0.2, 0.25) is 0 Å². The van der Waals surface area contributed by atoms with Crippen LogP contribution in [-0.4, -0.2) is 31.7 Å². The smallest absolute Gasteiger partial charge is 0.337 e. The Balaban J connectivity index is 2.19. The highest BCUT2D eigenvalue weighted by molar-refractivity contribution is 6.81. The Morgan fingerprint density at radius 3 is 2.23 bits per heavy atom. The maximum atomic E-state index is 13.1. The van der Waals surface area contributed by atoms with Crippen molar-refractivity contribution in [2.45, 2.75) is 83.7 Å². The molecule has 4 nitrogen and oxygen atoms in total. The fourth-order valence-electron chi connectivity index (χ4n) is 3.66. The van der Waals surface area contributed by atoms with Gasteiger partial charge in [-0.25, -0.2) is 9.59 Å². The molecule has 0 bridgehead atoms. The number of esters is 2. The van der Waals surface area contributed by atoms with E-state index < -0.39 is 19.6 Å². The van der Waals surface area contributed by atoms with Gasteiger partial charge in [0, 0.05) is 12.0 Å². The molecule has 0 aromatic heterocycles. The summed E-state index contributed by atoms with van der Waals surface area (Å²) in [6.07, 6.45) is 6.81. The van der Waals surface area contributed by atoms with Gasteiger partial charge in [-0.3, -0.25) is 0 Å². The van der Waals surface area contributed by atoms with Crippen LogP contribution < -0.4 is 0 Å². The normalized spacial score (nSPS) is 20.8. The highest BCUT2D eigenvalue weighted by atomic mass is 28.3. The van der Waals surface area contributed by atoms with Crippen molar-refractivity contribution < 1.29 is 19.1 Å². The van der Waals surface area contributed by atoms with Crippen molar-refractivity contribution >= 4 is 20.0 Å². The summed E-state index contributed by atoms with van der Waals surface area (Å²) in [5.74, 6) is -0.603. The van der Waals surface area contributed by atoms with Gasteiger partial charge in [0.1, 0.15) is 11.7 Å². The number of hydrogen-bond acceptors (Lipinski definition) is 4. The molecule has 0 aliphatic heterocycles. The van der Waals surface area contributed by atoms with Crippen molar-refractivity contribution in [3.63, 3.8) is 0 Å². The number of hydrogen-bond donors (Lipinski definition) is 0. The third kappa shape index (κ3) is 8.31. The fourth-order valence-corrected chi connectivity index (χ4v) is 4.81. The van der Waals surface area contributed by atoms with Crippen LogP contribution in [0.15, 0.2) is 53.8 Å². The molecule has 0 radical (unpaired) electrons. The van der Waals surface area contributed by atoms with E-state index in [1.807, 2.05) is 44.7 Å². The molecule has 1 aliphatic carbocycles. The van der Waals surface area contributed by atoms with Crippen LogP contribution in [0.2, 0.25) is 19.6 Å². The Hall–Kier alpha value is -2.14. The minimum atomic E-state index is -1.71. The number of carbonyl (C=O) groups is 2. The zero-order valence-corrected chi connectivity index (χ0v) is 20.2. The number of ether oxygens (including phenoxy) is 2. The third-order valence-corrected chi connectivity index (χ3v) is 6.00. The van der Waals surface area contributed by atoms with E-state index in [4.69, 9.17) is 9.47 Å². The molecule has 0 heterocycles. The molecule has 1 aromatic carbocycles. The van der Waals surface area contributed by atoms with Crippen molar-refractivity contribution in [2.24, 2.45) is 0 Å². The van der Waals surface area contributed by atoms with Crippen LogP contribution in [-0.2, 0) is 19.1 Å². The number of benzene rings is 1. The molecule has 0 saturated heterocycles. The van der Waals surface area contributed by atoms with E-state index in [-0.39, 0.29) is 18.0 Å². The summed E-state index contributed by atoms with van der Waals surface area (Å²) in [5, 5.41) is 0. The molecule has 5 heteroatoms. The van der Waals surface area contributed by atoms with Crippen molar-refractivity contribution in [2.75, 3.05) is 0 Å². The van der Waals surface area contributed by atoms with Gasteiger partial charge in [-0.1, -0.05) is 62.1 Å². The van der Waals surface area contributed by atoms with Crippen molar-refractivity contribution in [3.05, 3.63) is 59.3 Å². The maximum absolute atomic E-state index is 13.1. The Morgan fingerprint density at radius 1 is 1.00 bits per heavy atom. The van der Waals surface area contributed by atoms with Crippen LogP contribution in [0.1, 0.15) is 57.9 Å². The van der Waals surface area contributed by atoms with Crippen molar-refractivity contribution in [3.8, 4) is 0 Å². The summed E-state index contributed by atoms with van der Waals surface area (Å²) >= 11 is 0. The maximum Gasteiger partial charge on any atom is 0.337 e. The largest absolute Gasteiger partial charge is 0.458 e. The second-order valence-corrected chi connectivity index (χ2v) is 15.1. The van der Waals surface area contributed by atoms with Gasteiger partial charge >= 0.3 is 11.9 Å². The van der Waals surface area contributed by atoms with Gasteiger partial charge in [0.05, 0.1) is 13.6 Å². The fraction of sp³-hybridized carbons (Fsp3) is 0.520. The van der Waals surface area contributed by atoms with Gasteiger partial charge < -0.3 is 9.47 Å². The van der Waals surface area contributed by atoms with E-state index >= 15 is 0 Å². The first-order valence-corrected chi connectivity index (χ1v) is 14.4. The van der Waals surface area contributed by atoms with Gasteiger partial charge in [0.15, 0.2) is 0 Å². The monoisotopic (exact) mass is 428 g/mol. The lowest BCUT2D eigenvalue weighted by Crippen LogP contribution is -2.30. The molecular formula is C25H36O4Si. The molecule has 1 aliphatic rings. The zero-order valence-electron chi connectivity index (χ0n) is 19.2. The van der Waals surface area contributed by atoms with Gasteiger partial charge in [0.25, 0.3) is 0 Å². The van der Waals surface area contributed by atoms with E-state index in [0.717, 1.165) is 25.7 Å². The summed E-state index contributed by atoms with van der Waals surface area (Å²) in [4.78, 5) is 25.2. The molecule has 30 heavy (non-hydrogen) atoms. The van der Waals surface area contributed by atoms with Crippen LogP contribution >= 0.6 is 0 Å². The molecule has 0 spiro atoms. The minimum Gasteiger partial charge on any atom is -0.458 e. The van der Waals surface area contributed by atoms with Gasteiger partial charge in [-0.15, -0.1) is 0 Å². The molecule has 164 valence electrons. The van der Waals surface area contributed by atoms with E-state index in [0.29, 0.717) is 5.57 Å². The van der Waals surface area contributed by atoms with Crippen LogP contribution in [0.3, 0.4) is 0 Å². The Bertz CT molecular complexity index is 782. The van der Waals surface area contributed by atoms with Gasteiger partial charge in [-0.05, 0) is 51.7 Å². The Morgan fingerprint density at radius 2 is 1.63 bits per heavy atom. The van der Waals surface area contributed by atoms with Crippen LogP contribution in [0.4, 0.5) is 0 Å². The lowest BCUT2D eigenvalue weighted by atomic mass is 9.81. The highest BCUT2D eigenvalue weighted by Gasteiger charge is 2.30. The second kappa shape index (κ2) is 10.2. The average Bonchev–Trinajstić information content (AvgIpc) is 2.64. The molecule has 1 aromatic rings. The number of carbonyl (C=O) groups excluding carboxylic acids is 2. The summed E-state index contributed by atoms with van der Waals surface area (Å²) < 4.78 is 11.3. The molecule has 0 N–H and O–H groups in total. The highest BCUT2D eigenvalue weighted by Crippen LogP contribution is 2.35. The quantitative estimate of drug-likeness (QED) is 0.243. The first kappa shape index (κ1) is 24.1. The molecular weight excluding hydrogens is 392 g/mol. The third-order valence-electron chi connectivity index (χ3n) is 4.82. The summed E-state index contributed by atoms with van der Waals surface area (Å²) in [6.45, 7) is 11.9. The van der Waals surface area contributed by atoms with E-state index in [1.54, 1.807) is 6.08 Å². The SMILES string of the molecule is CC(C)(C)OC(=O)/C=C/C(=C\[Si](C)(C)C)C(=O)O[C@H]1CCCC[C@@H]1c1ccccc1. The van der Waals surface area contributed by atoms with Gasteiger partial charge in [-0.2, -0.15) is 0 Å². The first-order chi connectivity index (χ1) is 13.9. The standard InChI is InChI=1S/C25H36O4Si/c1-25(2,3)29-23(26)17-16-20(18-30(4,5)6)24(27)28-22-15-11-10-14-21(22)19-12-8-7-9-13-19/h7-9,12-13,16-18,21-22H,10-11,14-15H2,1-6H3/b17-16+,20-18+/t21-,22+/m1/s1. The Kier molecular flexibility index (Phi) is 8.24. The topological polar surface area (TPSA) is 52.6 Å². The molecule has 2 atom stereocenters. The predicted octanol–water partition coefficient (Wildman–Crippen LogP) is 5.96. The first-order valence-electron chi connectivity index (χ1n) is 10.8. The van der Waals surface area contributed by atoms with Crippen LogP contribution in [0.5, 0.6) is 0 Å². The molecule has 2 rings (SSSR count). The van der Waals surface area contributed by atoms with E-state index in [1.165, 1.54) is 11.6 Å². The number of rotatable bonds is 6. The lowest BCUT2D eigenvalue weighted by molar-refractivity contribution is -0.148. The average molecular weight is 429 g/mol. The molecule has 1 saturated carbocycles. The predicted molar refractivity (Wildman–Crippen MR) is 124 cm³/mol. The minimum absolute atomic E-state index is 0.145. The van der Waals surface area contributed by atoms with E-state index in [9.17, 15) is 9.59 Å². The van der Waals surface area contributed by atoms with Crippen molar-refractivity contribution in [1.29, 1.82) is 0 Å². The van der Waals surface area contributed by atoms with E-state index in [2.05, 4.69) is 31.8 Å². The van der Waals surface area contributed by atoms with Crippen molar-refractivity contribution in [1.82, 2.24) is 0 Å². The zero-order chi connectivity index (χ0) is 22.4. The lowest BCUT2D eigenvalue weighted by Gasteiger charge is -2.31. The van der Waals surface area contributed by atoms with Crippen LogP contribution in [0.25, 0.3) is 0 Å². The molecule has 0 amide bonds. The molecule has 0 unspecified atom stereocenters. The Labute approximate surface area is 182 Å². The summed E-state index contributed by atoms with van der Waals surface area (Å²) in [6, 6.07) is 10.3. The summed E-state index contributed by atoms with van der Waals surface area (Å²) in [5.41, 5.74) is 3.07. The summed E-state index contributed by atoms with van der Waals surface area (Å²) in [7, 11) is -1.71. The second-order valence-electron chi connectivity index (χ2n) is 10.1.